The Hall–Kier alpha value is -1.68. The first-order valence-corrected chi connectivity index (χ1v) is 5.56. The molecule has 0 radical (unpaired) electrons. The molecule has 0 bridgehead atoms. The van der Waals surface area contributed by atoms with Crippen molar-refractivity contribution in [1.82, 2.24) is 0 Å². The molecule has 18 heavy (non-hydrogen) atoms. The SMILES string of the molecule is Cc1c(SC(F)(F)F)ccc(CC(=O)O)c1C#N. The highest BCUT2D eigenvalue weighted by molar-refractivity contribution is 8.00. The average Bonchev–Trinajstić information content (AvgIpc) is 2.20. The predicted octanol–water partition coefficient (Wildman–Crippen LogP) is 3.11. The van der Waals surface area contributed by atoms with Crippen LogP contribution in [0.5, 0.6) is 0 Å². The van der Waals surface area contributed by atoms with Gasteiger partial charge in [0, 0.05) is 4.90 Å². The molecule has 1 rings (SSSR count). The van der Waals surface area contributed by atoms with Gasteiger partial charge in [0.1, 0.15) is 0 Å². The smallest absolute Gasteiger partial charge is 0.446 e. The van der Waals surface area contributed by atoms with E-state index in [1.54, 1.807) is 6.07 Å². The van der Waals surface area contributed by atoms with Crippen LogP contribution in [0.1, 0.15) is 16.7 Å². The van der Waals surface area contributed by atoms with Crippen molar-refractivity contribution in [2.75, 3.05) is 0 Å². The number of hydrogen-bond donors (Lipinski definition) is 1. The molecule has 0 fully saturated rings. The summed E-state index contributed by atoms with van der Waals surface area (Å²) in [5.74, 6) is -1.14. The molecular formula is C11H8F3NO2S. The fraction of sp³-hybridized carbons (Fsp3) is 0.273. The summed E-state index contributed by atoms with van der Waals surface area (Å²) in [6.07, 6.45) is -0.388. The number of nitrogens with zero attached hydrogens (tertiary/aromatic N) is 1. The van der Waals surface area contributed by atoms with Crippen LogP contribution in [0.2, 0.25) is 0 Å². The van der Waals surface area contributed by atoms with Crippen LogP contribution in [0.4, 0.5) is 13.2 Å². The number of carbonyl (C=O) groups is 1. The van der Waals surface area contributed by atoms with E-state index in [0.29, 0.717) is 0 Å². The fourth-order valence-corrected chi connectivity index (χ4v) is 2.09. The first-order valence-electron chi connectivity index (χ1n) is 4.74. The molecule has 0 spiro atoms. The standard InChI is InChI=1S/C11H8F3NO2S/c1-6-8(5-15)7(4-10(16)17)2-3-9(6)18-11(12,13)14/h2-3H,4H2,1H3,(H,16,17). The molecule has 0 heterocycles. The van der Waals surface area contributed by atoms with E-state index in [1.807, 2.05) is 0 Å². The molecule has 7 heteroatoms. The lowest BCUT2D eigenvalue weighted by Crippen LogP contribution is -2.06. The minimum Gasteiger partial charge on any atom is -0.481 e. The molecule has 0 amide bonds. The molecule has 1 aromatic rings. The molecule has 0 saturated heterocycles. The van der Waals surface area contributed by atoms with Crippen molar-refractivity contribution in [3.8, 4) is 6.07 Å². The molecule has 0 aliphatic carbocycles. The molecular weight excluding hydrogens is 267 g/mol. The number of carboxylic acids is 1. The van der Waals surface area contributed by atoms with Crippen molar-refractivity contribution >= 4 is 17.7 Å². The van der Waals surface area contributed by atoms with Gasteiger partial charge in [0.15, 0.2) is 0 Å². The summed E-state index contributed by atoms with van der Waals surface area (Å²) in [6.45, 7) is 1.37. The van der Waals surface area contributed by atoms with Crippen LogP contribution in [0.25, 0.3) is 0 Å². The lowest BCUT2D eigenvalue weighted by atomic mass is 10.0. The van der Waals surface area contributed by atoms with E-state index in [0.717, 1.165) is 0 Å². The van der Waals surface area contributed by atoms with Gasteiger partial charge in [-0.1, -0.05) is 6.07 Å². The summed E-state index contributed by atoms with van der Waals surface area (Å²) in [6, 6.07) is 4.18. The zero-order valence-corrected chi connectivity index (χ0v) is 10.0. The maximum atomic E-state index is 12.3. The summed E-state index contributed by atoms with van der Waals surface area (Å²) in [4.78, 5) is 10.5. The third-order valence-electron chi connectivity index (χ3n) is 2.18. The normalized spacial score (nSPS) is 11.1. The Morgan fingerprint density at radius 2 is 2.11 bits per heavy atom. The van der Waals surface area contributed by atoms with Crippen molar-refractivity contribution in [3.63, 3.8) is 0 Å². The zero-order valence-electron chi connectivity index (χ0n) is 9.21. The summed E-state index contributed by atoms with van der Waals surface area (Å²) >= 11 is -0.314. The minimum atomic E-state index is -4.44. The van der Waals surface area contributed by atoms with Gasteiger partial charge in [-0.2, -0.15) is 18.4 Å². The Balaban J connectivity index is 3.21. The van der Waals surface area contributed by atoms with Crippen LogP contribution < -0.4 is 0 Å². The zero-order chi connectivity index (χ0) is 13.9. The number of rotatable bonds is 3. The first kappa shape index (κ1) is 14.4. The van der Waals surface area contributed by atoms with Crippen molar-refractivity contribution in [2.45, 2.75) is 23.7 Å². The van der Waals surface area contributed by atoms with E-state index >= 15 is 0 Å². The summed E-state index contributed by atoms with van der Waals surface area (Å²) < 4.78 is 36.8. The Morgan fingerprint density at radius 1 is 1.50 bits per heavy atom. The van der Waals surface area contributed by atoms with E-state index in [-0.39, 0.29) is 39.8 Å². The number of hydrogen-bond acceptors (Lipinski definition) is 3. The van der Waals surface area contributed by atoms with Crippen LogP contribution in [0.15, 0.2) is 17.0 Å². The number of alkyl halides is 3. The summed E-state index contributed by atoms with van der Waals surface area (Å²) in [5, 5.41) is 17.5. The molecule has 0 aromatic heterocycles. The van der Waals surface area contributed by atoms with Crippen molar-refractivity contribution < 1.29 is 23.1 Å². The van der Waals surface area contributed by atoms with Crippen LogP contribution >= 0.6 is 11.8 Å². The number of halogens is 3. The van der Waals surface area contributed by atoms with Crippen LogP contribution in [0, 0.1) is 18.3 Å². The third kappa shape index (κ3) is 3.67. The van der Waals surface area contributed by atoms with Gasteiger partial charge in [-0.3, -0.25) is 4.79 Å². The molecule has 0 unspecified atom stereocenters. The molecule has 1 N–H and O–H groups in total. The highest BCUT2D eigenvalue weighted by atomic mass is 32.2. The second-order valence-electron chi connectivity index (χ2n) is 3.45. The van der Waals surface area contributed by atoms with Crippen molar-refractivity contribution in [1.29, 1.82) is 5.26 Å². The summed E-state index contributed by atoms with van der Waals surface area (Å²) in [7, 11) is 0. The number of aliphatic carboxylic acids is 1. The number of thioether (sulfide) groups is 1. The quantitative estimate of drug-likeness (QED) is 0.861. The van der Waals surface area contributed by atoms with Gasteiger partial charge < -0.3 is 5.11 Å². The second-order valence-corrected chi connectivity index (χ2v) is 4.56. The van der Waals surface area contributed by atoms with Gasteiger partial charge >= 0.3 is 11.5 Å². The molecule has 3 nitrogen and oxygen atoms in total. The van der Waals surface area contributed by atoms with Crippen LogP contribution in [-0.2, 0) is 11.2 Å². The Kier molecular flexibility index (Phi) is 4.24. The molecule has 0 atom stereocenters. The van der Waals surface area contributed by atoms with E-state index in [1.165, 1.54) is 19.1 Å². The largest absolute Gasteiger partial charge is 0.481 e. The molecule has 1 aromatic carbocycles. The molecule has 0 saturated carbocycles. The maximum absolute atomic E-state index is 12.3. The van der Waals surface area contributed by atoms with Crippen molar-refractivity contribution in [2.24, 2.45) is 0 Å². The Morgan fingerprint density at radius 3 is 2.56 bits per heavy atom. The maximum Gasteiger partial charge on any atom is 0.446 e. The summed E-state index contributed by atoms with van der Waals surface area (Å²) in [5.41, 5.74) is -4.08. The van der Waals surface area contributed by atoms with Crippen molar-refractivity contribution in [3.05, 3.63) is 28.8 Å². The molecule has 0 aliphatic heterocycles. The van der Waals surface area contributed by atoms with Gasteiger partial charge in [0.25, 0.3) is 0 Å². The fourth-order valence-electron chi connectivity index (χ4n) is 1.45. The second kappa shape index (κ2) is 5.31. The molecule has 96 valence electrons. The monoisotopic (exact) mass is 275 g/mol. The van der Waals surface area contributed by atoms with Gasteiger partial charge in [0.05, 0.1) is 18.1 Å². The number of nitriles is 1. The lowest BCUT2D eigenvalue weighted by Gasteiger charge is -2.11. The van der Waals surface area contributed by atoms with Gasteiger partial charge in [-0.05, 0) is 35.9 Å². The first-order chi connectivity index (χ1) is 8.24. The minimum absolute atomic E-state index is 0.00773. The Bertz CT molecular complexity index is 520. The van der Waals surface area contributed by atoms with Gasteiger partial charge in [-0.15, -0.1) is 0 Å². The van der Waals surface area contributed by atoms with Crippen LogP contribution in [0.3, 0.4) is 0 Å². The Labute approximate surface area is 105 Å². The predicted molar refractivity (Wildman–Crippen MR) is 59.1 cm³/mol. The number of carboxylic acid groups (broad SMARTS) is 1. The average molecular weight is 275 g/mol. The topological polar surface area (TPSA) is 61.1 Å². The van der Waals surface area contributed by atoms with E-state index in [9.17, 15) is 18.0 Å². The highest BCUT2D eigenvalue weighted by Crippen LogP contribution is 2.39. The van der Waals surface area contributed by atoms with Gasteiger partial charge in [0.2, 0.25) is 0 Å². The molecule has 0 aliphatic rings. The lowest BCUT2D eigenvalue weighted by molar-refractivity contribution is -0.136. The number of benzene rings is 1. The third-order valence-corrected chi connectivity index (χ3v) is 3.07. The van der Waals surface area contributed by atoms with Gasteiger partial charge in [-0.25, -0.2) is 0 Å². The van der Waals surface area contributed by atoms with E-state index < -0.39 is 11.5 Å². The van der Waals surface area contributed by atoms with Crippen LogP contribution in [-0.4, -0.2) is 16.6 Å². The van der Waals surface area contributed by atoms with E-state index in [2.05, 4.69) is 0 Å². The van der Waals surface area contributed by atoms with E-state index in [4.69, 9.17) is 10.4 Å². The highest BCUT2D eigenvalue weighted by Gasteiger charge is 2.30.